The molecular weight excluding hydrogens is 1690 g/mol. The number of H-pyrrole nitrogens is 2. The number of carbonyl (C=O) groups is 4. The maximum Gasteiger partial charge on any atom is -0.0134 e. The summed E-state index contributed by atoms with van der Waals surface area (Å²) in [5, 5.41) is 27.7. The molecule has 2 atom stereocenters. The Hall–Kier alpha value is -11.6. The average molecular weight is 1780 g/mol. The third-order valence-electron chi connectivity index (χ3n) is 18.0. The van der Waals surface area contributed by atoms with Crippen LogP contribution in [0.4, 0.5) is 11.4 Å². The number of hydrogen-bond donors (Lipinski definition) is 4. The van der Waals surface area contributed by atoms with Crippen LogP contribution in [0.25, 0.3) is 0 Å². The van der Waals surface area contributed by atoms with Crippen LogP contribution in [-0.2, 0) is 51.2 Å². The Morgan fingerprint density at radius 3 is 1.13 bits per heavy atom. The molecule has 4 aromatic heterocycles. The monoisotopic (exact) mass is 1780 g/mol. The molecule has 117 heavy (non-hydrogen) atoms. The number of carbonyl (C=O) groups excluding carboxylic acids is 4. The van der Waals surface area contributed by atoms with Gasteiger partial charge in [-0.25, -0.2) is 9.97 Å². The number of terminal acetylenes is 1. The third-order valence-corrected chi connectivity index (χ3v) is 23.3. The van der Waals surface area contributed by atoms with Crippen LogP contribution in [0.5, 0.6) is 0 Å². The molecule has 16 nitrogen and oxygen atoms in total. The fourth-order valence-electron chi connectivity index (χ4n) is 12.4. The van der Waals surface area contributed by atoms with E-state index in [9.17, 15) is 19.2 Å². The molecule has 0 spiro atoms. The molecule has 14 aromatic rings. The van der Waals surface area contributed by atoms with Crippen molar-refractivity contribution in [2.75, 3.05) is 23.9 Å². The van der Waals surface area contributed by atoms with Crippen molar-refractivity contribution in [1.82, 2.24) is 51.0 Å². The summed E-state index contributed by atoms with van der Waals surface area (Å²) in [4.78, 5) is 71.2. The van der Waals surface area contributed by atoms with Crippen molar-refractivity contribution in [2.24, 2.45) is 0 Å². The van der Waals surface area contributed by atoms with Crippen LogP contribution in [0, 0.1) is 24.2 Å². The molecule has 6 heterocycles. The number of nitrogens with zero attached hydrogens (tertiary/aromatic N) is 8. The van der Waals surface area contributed by atoms with E-state index in [2.05, 4.69) is 267 Å². The van der Waals surface area contributed by atoms with Gasteiger partial charge in [0.25, 0.3) is 11.8 Å². The van der Waals surface area contributed by atoms with Crippen molar-refractivity contribution in [2.45, 2.75) is 71.9 Å². The zero-order valence-electron chi connectivity index (χ0n) is 64.2. The van der Waals surface area contributed by atoms with Gasteiger partial charge in [-0.2, -0.15) is 0 Å². The smallest absolute Gasteiger partial charge is 0.0134 e. The van der Waals surface area contributed by atoms with E-state index in [-0.39, 0.29) is 46.8 Å². The number of aromatic nitrogens is 8. The minimum atomic E-state index is -0.684. The largest absolute Gasteiger partial charge is 0.0622 e. The summed E-state index contributed by atoms with van der Waals surface area (Å²) >= 11 is 3.34. The first-order chi connectivity index (χ1) is 56.8. The molecule has 2 aliphatic rings. The van der Waals surface area contributed by atoms with Gasteiger partial charge < -0.3 is 20.4 Å². The molecule has 2 aliphatic heterocycles. The summed E-state index contributed by atoms with van der Waals surface area (Å²) in [5.74, 6) is 8.64. The number of aryl methyl sites for hydroxylation is 2. The van der Waals surface area contributed by atoms with Crippen LogP contribution in [0.15, 0.2) is 333 Å². The zero-order chi connectivity index (χ0) is 81.6. The Morgan fingerprint density at radius 2 is 0.795 bits per heavy atom. The first-order valence-electron chi connectivity index (χ1n) is 37.3. The Morgan fingerprint density at radius 1 is 0.470 bits per heavy atom. The molecule has 0 bridgehead atoms. The minimum absolute atomic E-state index is 0. The van der Waals surface area contributed by atoms with E-state index in [1.54, 1.807) is 48.7 Å². The number of nitrogens with one attached hydrogen (secondary N) is 4. The van der Waals surface area contributed by atoms with Crippen LogP contribution < -0.4 is 52.3 Å². The molecule has 0 radical (unpaired) electrons. The summed E-state index contributed by atoms with van der Waals surface area (Å²) in [6.07, 6.45) is 15.2. The number of aromatic amines is 2. The fraction of sp³-hybridized carbons (Fsp3) is 0.137. The number of anilines is 2. The van der Waals surface area contributed by atoms with Crippen molar-refractivity contribution < 1.29 is 35.1 Å². The van der Waals surface area contributed by atoms with E-state index in [4.69, 9.17) is 25.5 Å². The van der Waals surface area contributed by atoms with Gasteiger partial charge in [-0.1, -0.05) is 310 Å². The van der Waals surface area contributed by atoms with Gasteiger partial charge in [-0.15, -0.1) is 16.6 Å². The van der Waals surface area contributed by atoms with Crippen molar-refractivity contribution in [3.8, 4) is 24.2 Å². The Kier molecular flexibility index (Phi) is 36.7. The topological polar surface area (TPSA) is 208 Å². The number of benzene rings is 10. The van der Waals surface area contributed by atoms with Gasteiger partial charge in [0.05, 0.1) is 0 Å². The predicted octanol–water partition coefficient (Wildman–Crippen LogP) is 16.8. The number of likely N-dealkylation sites (N-methyl/N-ethyl adjacent to an activating group) is 2. The molecular formula is C95H89BrCl2N12O4P2Pd. The summed E-state index contributed by atoms with van der Waals surface area (Å²) in [5.41, 5.74) is 8.31. The first-order valence-corrected chi connectivity index (χ1v) is 44.8. The molecule has 0 aliphatic carbocycles. The van der Waals surface area contributed by atoms with Gasteiger partial charge in [0.15, 0.2) is 0 Å². The molecule has 0 unspecified atom stereocenters. The van der Waals surface area contributed by atoms with Gasteiger partial charge in [0.2, 0.25) is 23.5 Å². The van der Waals surface area contributed by atoms with E-state index in [0.717, 1.165) is 54.8 Å². The van der Waals surface area contributed by atoms with Gasteiger partial charge in [0.1, 0.15) is 23.7 Å². The molecule has 10 aromatic carbocycles. The number of hydrogen-bond acceptors (Lipinski definition) is 10. The van der Waals surface area contributed by atoms with E-state index in [1.165, 1.54) is 31.8 Å². The Labute approximate surface area is 713 Å². The average Bonchev–Trinajstić information content (AvgIpc) is 1.35. The van der Waals surface area contributed by atoms with Gasteiger partial charge >= 0.3 is 35.0 Å². The number of halogens is 3. The summed E-state index contributed by atoms with van der Waals surface area (Å²) in [6, 6.07) is 102. The zero-order valence-corrected chi connectivity index (χ0v) is 70.6. The molecule has 16 rings (SSSR count). The van der Waals surface area contributed by atoms with Gasteiger partial charge in [-0.3, -0.25) is 39.3 Å². The van der Waals surface area contributed by atoms with Crippen molar-refractivity contribution >= 4 is 118 Å². The summed E-state index contributed by atoms with van der Waals surface area (Å²) in [6.45, 7) is 4.00. The Balaban J connectivity index is 0.000000173. The number of pyridine rings is 2. The molecule has 594 valence electrons. The van der Waals surface area contributed by atoms with E-state index in [1.807, 2.05) is 135 Å². The van der Waals surface area contributed by atoms with Crippen molar-refractivity contribution in [3.63, 3.8) is 0 Å². The molecule has 0 saturated carbocycles. The van der Waals surface area contributed by atoms with Crippen LogP contribution in [-0.4, -0.2) is 90.1 Å². The second-order valence-electron chi connectivity index (χ2n) is 25.7. The van der Waals surface area contributed by atoms with E-state index in [0.29, 0.717) is 50.2 Å². The van der Waals surface area contributed by atoms with Gasteiger partial charge in [-0.05, 0) is 144 Å². The van der Waals surface area contributed by atoms with Crippen molar-refractivity contribution in [1.29, 1.82) is 0 Å². The second kappa shape index (κ2) is 48.0. The first kappa shape index (κ1) is 89.3. The number of fused-ring (bicyclic) bond motifs is 2. The molecule has 4 N–H and O–H groups in total. The maximum atomic E-state index is 13.2. The van der Waals surface area contributed by atoms with Crippen LogP contribution in [0.2, 0.25) is 0 Å². The number of amides is 4. The van der Waals surface area contributed by atoms with Crippen molar-refractivity contribution in [3.05, 3.63) is 395 Å². The SMILES string of the molecule is C.C#Cc1cccnc1.CC.CN1C(=O)[C@@H](NC(=O)c2n[nH]c(Cc3ccccc3)n2)CCc2ccc(Br)cc21.CN1C(=O)[C@@H](NC(=O)c2n[nH]c(Cc3ccccc3)n2)CCc2ccc(C#Cc3cccnc3)cc21.[Cl][Pd][Cl].c1ccc(P(c2ccccc2)c2ccccc2)cc1.c1ccc(P(c2ccccc2)c2ccccc2)cc1. The third kappa shape index (κ3) is 27.0. The molecule has 22 heteroatoms. The van der Waals surface area contributed by atoms with Crippen LogP contribution >= 0.6 is 50.8 Å². The second-order valence-corrected chi connectivity index (χ2v) is 33.4. The van der Waals surface area contributed by atoms with Crippen LogP contribution in [0.1, 0.15) is 106 Å². The molecule has 0 saturated heterocycles. The molecule has 0 fully saturated rings. The predicted molar refractivity (Wildman–Crippen MR) is 480 cm³/mol. The van der Waals surface area contributed by atoms with E-state index < -0.39 is 39.7 Å². The standard InChI is InChI=1S/C28H24N6O2.C21H20BrN5O2.2C18H15P.C7H5N.C2H6.CH4.2ClH.Pd/c1-34-24-16-20(9-10-21-8-5-15-29-18-21)11-12-22(24)13-14-23(28(34)36)30-27(35)26-31-25(32-33-26)17-19-6-3-2-4-7-19;1-27-17-12-15(22)9-7-14(17)8-10-16(21(27)29)23-20(28)19-24-18(25-26-19)11-13-5-3-2-4-6-13;2*1-4-10-16(11-5-1)19(17-12-6-2-7-13-17)18-14-8-3-9-15-18;1-2-7-4-3-5-8-6-7;1-2;;;;/h2-8,11-12,15-16,18,23H,13-14,17H2,1H3,(H,30,35)(H,31,32,33);2-7,9,12,16H,8,10-11H2,1H3,(H,23,28)(H,24,25,26);2*1-15H;1,3-6H;1-2H3;1H4;2*1H;/q;;;;;;;;;+2/p-2/t23-;16-;;;;;;;;/m00......../s1. The Bertz CT molecular complexity index is 5170. The normalized spacial score (nSPS) is 12.8. The summed E-state index contributed by atoms with van der Waals surface area (Å²) < 4.78 is 0.907. The van der Waals surface area contributed by atoms with Gasteiger partial charge in [0, 0.05) is 84.3 Å². The number of rotatable bonds is 14. The molecule has 4 amide bonds. The quantitative estimate of drug-likeness (QED) is 0.0460. The fourth-order valence-corrected chi connectivity index (χ4v) is 17.4. The van der Waals surface area contributed by atoms with Crippen LogP contribution in [0.3, 0.4) is 0 Å². The van der Waals surface area contributed by atoms with E-state index >= 15 is 0 Å². The maximum absolute atomic E-state index is 13.2. The summed E-state index contributed by atoms with van der Waals surface area (Å²) in [7, 11) is 12.2. The minimum Gasteiger partial charge on any atom is -0.0622 e.